The van der Waals surface area contributed by atoms with Gasteiger partial charge >= 0.3 is 0 Å². The Morgan fingerprint density at radius 3 is 2.77 bits per heavy atom. The van der Waals surface area contributed by atoms with Crippen molar-refractivity contribution in [3.05, 3.63) is 35.9 Å². The summed E-state index contributed by atoms with van der Waals surface area (Å²) < 4.78 is 7.81. The number of aliphatic imine (C=N–C) groups is 1. The summed E-state index contributed by atoms with van der Waals surface area (Å²) in [6.45, 7) is 7.61. The largest absolute Gasteiger partial charge is 0.491 e. The van der Waals surface area contributed by atoms with E-state index >= 15 is 0 Å². The van der Waals surface area contributed by atoms with Crippen molar-refractivity contribution >= 4 is 35.6 Å². The van der Waals surface area contributed by atoms with Gasteiger partial charge in [0.2, 0.25) is 0 Å². The lowest BCUT2D eigenvalue weighted by Crippen LogP contribution is -2.27. The van der Waals surface area contributed by atoms with Crippen molar-refractivity contribution in [1.82, 2.24) is 14.8 Å². The summed E-state index contributed by atoms with van der Waals surface area (Å²) in [4.78, 5) is 4.50. The number of nitrogens with two attached hydrogens (primary N) is 1. The molecule has 1 aliphatic rings. The average Bonchev–Trinajstić information content (AvgIpc) is 2.95. The topological polar surface area (TPSA) is 90.4 Å². The van der Waals surface area contributed by atoms with Crippen molar-refractivity contribution in [2.45, 2.75) is 46.3 Å². The molecule has 1 aromatic carbocycles. The Morgan fingerprint density at radius 2 is 2.08 bits per heavy atom. The molecule has 1 atom stereocenters. The second-order valence-corrected chi connectivity index (χ2v) is 6.72. The monoisotopic (exact) mass is 470 g/mol. The summed E-state index contributed by atoms with van der Waals surface area (Å²) >= 11 is 0. The van der Waals surface area contributed by atoms with E-state index in [-0.39, 0.29) is 30.1 Å². The van der Waals surface area contributed by atoms with Gasteiger partial charge in [-0.3, -0.25) is 4.99 Å². The first-order valence-corrected chi connectivity index (χ1v) is 8.73. The van der Waals surface area contributed by atoms with Crippen LogP contribution in [0, 0.1) is 12.8 Å². The summed E-state index contributed by atoms with van der Waals surface area (Å²) in [5, 5.41) is 11.5. The van der Waals surface area contributed by atoms with E-state index in [2.05, 4.69) is 25.1 Å². The molecule has 0 fully saturated rings. The van der Waals surface area contributed by atoms with Gasteiger partial charge in [-0.25, -0.2) is 0 Å². The predicted octanol–water partition coefficient (Wildman–Crippen LogP) is 2.98. The van der Waals surface area contributed by atoms with E-state index < -0.39 is 0 Å². The van der Waals surface area contributed by atoms with Gasteiger partial charge < -0.3 is 20.4 Å². The number of aryl methyl sites for hydroxylation is 2. The number of guanidine groups is 1. The molecule has 1 aromatic heterocycles. The van der Waals surface area contributed by atoms with Gasteiger partial charge in [0.1, 0.15) is 17.4 Å². The Morgan fingerprint density at radius 1 is 1.35 bits per heavy atom. The molecule has 0 saturated heterocycles. The summed E-state index contributed by atoms with van der Waals surface area (Å²) in [5.41, 5.74) is 6.92. The number of nitrogens with zero attached hydrogens (tertiary/aromatic N) is 4. The summed E-state index contributed by atoms with van der Waals surface area (Å²) in [6.07, 6.45) is 2.18. The van der Waals surface area contributed by atoms with Gasteiger partial charge in [0.15, 0.2) is 5.96 Å². The number of fused-ring (bicyclic) bond motifs is 1. The van der Waals surface area contributed by atoms with Crippen LogP contribution in [-0.2, 0) is 13.0 Å². The van der Waals surface area contributed by atoms with Crippen molar-refractivity contribution in [2.24, 2.45) is 16.6 Å². The highest BCUT2D eigenvalue weighted by molar-refractivity contribution is 14.0. The number of nitrogens with one attached hydrogen (secondary N) is 1. The highest BCUT2D eigenvalue weighted by atomic mass is 127. The molecule has 8 heteroatoms. The van der Waals surface area contributed by atoms with Crippen molar-refractivity contribution in [3.63, 3.8) is 0 Å². The fourth-order valence-electron chi connectivity index (χ4n) is 2.98. The Labute approximate surface area is 171 Å². The van der Waals surface area contributed by atoms with Crippen LogP contribution in [0.3, 0.4) is 0 Å². The third kappa shape index (κ3) is 5.33. The molecule has 0 aliphatic carbocycles. The number of anilines is 1. The first-order chi connectivity index (χ1) is 12.0. The van der Waals surface area contributed by atoms with Gasteiger partial charge in [-0.2, -0.15) is 0 Å². The molecule has 3 rings (SSSR count). The minimum atomic E-state index is 0. The van der Waals surface area contributed by atoms with Gasteiger partial charge in [-0.1, -0.05) is 0 Å². The van der Waals surface area contributed by atoms with E-state index in [9.17, 15) is 0 Å². The van der Waals surface area contributed by atoms with Gasteiger partial charge in [0, 0.05) is 25.2 Å². The van der Waals surface area contributed by atoms with Crippen molar-refractivity contribution in [1.29, 1.82) is 0 Å². The standard InChI is InChI=1S/C18H26N6O.HI/c1-12(2)25-16-7-5-15(6-8-16)21-18(19)20-10-14-4-9-17-23-22-13(3)24(17)11-14;/h5-8,12,14H,4,9-11H2,1-3H3,(H3,19,20,21);1H. The van der Waals surface area contributed by atoms with Gasteiger partial charge in [-0.05, 0) is 57.4 Å². The molecule has 3 N–H and O–H groups in total. The van der Waals surface area contributed by atoms with Crippen LogP contribution in [0.1, 0.15) is 31.9 Å². The van der Waals surface area contributed by atoms with E-state index in [0.717, 1.165) is 42.5 Å². The maximum absolute atomic E-state index is 6.02. The van der Waals surface area contributed by atoms with Crippen molar-refractivity contribution < 1.29 is 4.74 Å². The number of benzene rings is 1. The maximum Gasteiger partial charge on any atom is 0.193 e. The maximum atomic E-state index is 6.02. The third-order valence-electron chi connectivity index (χ3n) is 4.25. The first-order valence-electron chi connectivity index (χ1n) is 8.73. The Kier molecular flexibility index (Phi) is 7.24. The second kappa shape index (κ2) is 9.20. The molecule has 2 aromatic rings. The first kappa shape index (κ1) is 20.5. The molecule has 1 aliphatic heterocycles. The van der Waals surface area contributed by atoms with Crippen LogP contribution >= 0.6 is 24.0 Å². The number of halogens is 1. The second-order valence-electron chi connectivity index (χ2n) is 6.72. The highest BCUT2D eigenvalue weighted by Gasteiger charge is 2.21. The van der Waals surface area contributed by atoms with E-state index in [1.165, 1.54) is 0 Å². The quantitative estimate of drug-likeness (QED) is 0.399. The number of aromatic nitrogens is 3. The third-order valence-corrected chi connectivity index (χ3v) is 4.25. The normalized spacial score (nSPS) is 16.8. The molecular formula is C18H27IN6O. The number of ether oxygens (including phenoxy) is 1. The molecule has 2 heterocycles. The fraction of sp³-hybridized carbons (Fsp3) is 0.500. The molecule has 142 valence electrons. The lowest BCUT2D eigenvalue weighted by atomic mass is 9.99. The molecule has 0 amide bonds. The van der Waals surface area contributed by atoms with Crippen LogP contribution in [0.25, 0.3) is 0 Å². The van der Waals surface area contributed by atoms with E-state index in [4.69, 9.17) is 10.5 Å². The number of hydrogen-bond donors (Lipinski definition) is 2. The van der Waals surface area contributed by atoms with Crippen molar-refractivity contribution in [2.75, 3.05) is 11.9 Å². The minimum absolute atomic E-state index is 0. The minimum Gasteiger partial charge on any atom is -0.491 e. The molecule has 0 saturated carbocycles. The average molecular weight is 470 g/mol. The molecule has 0 radical (unpaired) electrons. The molecule has 0 spiro atoms. The van der Waals surface area contributed by atoms with Gasteiger partial charge in [0.05, 0.1) is 6.10 Å². The predicted molar refractivity (Wildman–Crippen MR) is 114 cm³/mol. The van der Waals surface area contributed by atoms with Crippen molar-refractivity contribution in [3.8, 4) is 5.75 Å². The highest BCUT2D eigenvalue weighted by Crippen LogP contribution is 2.20. The van der Waals surface area contributed by atoms with Gasteiger partial charge in [0.25, 0.3) is 0 Å². The van der Waals surface area contributed by atoms with E-state index in [0.29, 0.717) is 18.4 Å². The van der Waals surface area contributed by atoms with Crippen LogP contribution in [0.15, 0.2) is 29.3 Å². The lowest BCUT2D eigenvalue weighted by molar-refractivity contribution is 0.242. The molecule has 0 bridgehead atoms. The van der Waals surface area contributed by atoms with E-state index in [1.807, 2.05) is 45.0 Å². The molecular weight excluding hydrogens is 443 g/mol. The molecule has 26 heavy (non-hydrogen) atoms. The Hall–Kier alpha value is -1.84. The molecule has 7 nitrogen and oxygen atoms in total. The number of hydrogen-bond acceptors (Lipinski definition) is 4. The zero-order chi connectivity index (χ0) is 17.8. The summed E-state index contributed by atoms with van der Waals surface area (Å²) in [5.74, 6) is 3.79. The van der Waals surface area contributed by atoms with Crippen LogP contribution < -0.4 is 15.8 Å². The zero-order valence-electron chi connectivity index (χ0n) is 15.5. The van der Waals surface area contributed by atoms with Gasteiger partial charge in [-0.15, -0.1) is 34.2 Å². The van der Waals surface area contributed by atoms with E-state index in [1.54, 1.807) is 0 Å². The summed E-state index contributed by atoms with van der Waals surface area (Å²) in [6, 6.07) is 7.72. The Balaban J connectivity index is 0.00000243. The zero-order valence-corrected chi connectivity index (χ0v) is 17.8. The lowest BCUT2D eigenvalue weighted by Gasteiger charge is -2.22. The summed E-state index contributed by atoms with van der Waals surface area (Å²) in [7, 11) is 0. The fourth-order valence-corrected chi connectivity index (χ4v) is 2.98. The van der Waals surface area contributed by atoms with Crippen LogP contribution in [0.5, 0.6) is 5.75 Å². The smallest absolute Gasteiger partial charge is 0.193 e. The Bertz CT molecular complexity index is 741. The van der Waals surface area contributed by atoms with Crippen LogP contribution in [0.4, 0.5) is 5.69 Å². The van der Waals surface area contributed by atoms with Crippen LogP contribution in [0.2, 0.25) is 0 Å². The number of rotatable bonds is 5. The van der Waals surface area contributed by atoms with Crippen LogP contribution in [-0.4, -0.2) is 33.4 Å². The molecule has 1 unspecified atom stereocenters. The SMILES string of the molecule is Cc1nnc2n1CC(CN=C(N)Nc1ccc(OC(C)C)cc1)CC2.I.